The van der Waals surface area contributed by atoms with E-state index in [0.717, 1.165) is 10.6 Å². The highest BCUT2D eigenvalue weighted by Crippen LogP contribution is 2.15. The van der Waals surface area contributed by atoms with Gasteiger partial charge >= 0.3 is 0 Å². The van der Waals surface area contributed by atoms with E-state index in [9.17, 15) is 4.79 Å². The molecule has 0 saturated heterocycles. The lowest BCUT2D eigenvalue weighted by Crippen LogP contribution is -1.93. The van der Waals surface area contributed by atoms with E-state index in [0.29, 0.717) is 5.56 Å². The van der Waals surface area contributed by atoms with Gasteiger partial charge in [-0.05, 0) is 54.8 Å². The lowest BCUT2D eigenvalue weighted by Gasteiger charge is -1.98. The van der Waals surface area contributed by atoms with Gasteiger partial charge in [-0.15, -0.1) is 11.8 Å². The summed E-state index contributed by atoms with van der Waals surface area (Å²) in [4.78, 5) is 17.2. The molecule has 3 heteroatoms. The van der Waals surface area contributed by atoms with Crippen LogP contribution < -0.4 is 0 Å². The van der Waals surface area contributed by atoms with Gasteiger partial charge in [0.05, 0.1) is 5.69 Å². The summed E-state index contributed by atoms with van der Waals surface area (Å²) in [6.45, 7) is 0. The molecule has 0 amide bonds. The molecule has 0 saturated carbocycles. The Morgan fingerprint density at radius 2 is 1.94 bits per heavy atom. The van der Waals surface area contributed by atoms with Crippen molar-refractivity contribution in [3.63, 3.8) is 0 Å². The molecule has 0 aliphatic carbocycles. The molecule has 2 aromatic rings. The fourth-order valence-corrected chi connectivity index (χ4v) is 1.90. The molecule has 0 fully saturated rings. The molecule has 0 radical (unpaired) electrons. The summed E-state index contributed by atoms with van der Waals surface area (Å²) in [5.41, 5.74) is 1.48. The lowest BCUT2D eigenvalue weighted by atomic mass is 10.1. The highest BCUT2D eigenvalue weighted by atomic mass is 32.2. The standard InChI is InChI=1S/C15H13NOS/c1-18-14-8-5-12(6-9-14)15(17)10-7-13-4-2-3-11-16-13/h2-11H,1H3/b10-7+. The quantitative estimate of drug-likeness (QED) is 0.474. The summed E-state index contributed by atoms with van der Waals surface area (Å²) in [7, 11) is 0. The minimum absolute atomic E-state index is 0.00620. The fraction of sp³-hybridized carbons (Fsp3) is 0.0667. The molecule has 0 bridgehead atoms. The highest BCUT2D eigenvalue weighted by molar-refractivity contribution is 7.98. The summed E-state index contributed by atoms with van der Waals surface area (Å²) >= 11 is 1.66. The van der Waals surface area contributed by atoms with Gasteiger partial charge < -0.3 is 0 Å². The van der Waals surface area contributed by atoms with Crippen molar-refractivity contribution in [3.8, 4) is 0 Å². The third-order valence-corrected chi connectivity index (χ3v) is 3.21. The summed E-state index contributed by atoms with van der Waals surface area (Å²) in [6, 6.07) is 13.2. The first-order chi connectivity index (χ1) is 8.79. The van der Waals surface area contributed by atoms with Crippen LogP contribution in [0.25, 0.3) is 6.08 Å². The van der Waals surface area contributed by atoms with Crippen molar-refractivity contribution < 1.29 is 4.79 Å². The van der Waals surface area contributed by atoms with Crippen LogP contribution in [0.15, 0.2) is 59.6 Å². The maximum absolute atomic E-state index is 11.9. The van der Waals surface area contributed by atoms with E-state index in [-0.39, 0.29) is 5.78 Å². The van der Waals surface area contributed by atoms with Crippen LogP contribution in [0.4, 0.5) is 0 Å². The highest BCUT2D eigenvalue weighted by Gasteiger charge is 2.01. The molecular weight excluding hydrogens is 242 g/mol. The monoisotopic (exact) mass is 255 g/mol. The average molecular weight is 255 g/mol. The van der Waals surface area contributed by atoms with Crippen LogP contribution in [0.3, 0.4) is 0 Å². The first kappa shape index (κ1) is 12.6. The number of hydrogen-bond acceptors (Lipinski definition) is 3. The van der Waals surface area contributed by atoms with Crippen LogP contribution in [0.2, 0.25) is 0 Å². The van der Waals surface area contributed by atoms with Crippen molar-refractivity contribution in [1.29, 1.82) is 0 Å². The van der Waals surface area contributed by atoms with E-state index in [4.69, 9.17) is 0 Å². The zero-order valence-electron chi connectivity index (χ0n) is 10.0. The molecule has 1 aromatic carbocycles. The smallest absolute Gasteiger partial charge is 0.185 e. The molecule has 2 rings (SSSR count). The van der Waals surface area contributed by atoms with Crippen molar-refractivity contribution in [2.24, 2.45) is 0 Å². The van der Waals surface area contributed by atoms with E-state index < -0.39 is 0 Å². The maximum atomic E-state index is 11.9. The molecule has 0 atom stereocenters. The molecule has 0 unspecified atom stereocenters. The Kier molecular flexibility index (Phi) is 4.31. The molecular formula is C15H13NOS. The number of hydrogen-bond donors (Lipinski definition) is 0. The van der Waals surface area contributed by atoms with Gasteiger partial charge in [0.25, 0.3) is 0 Å². The van der Waals surface area contributed by atoms with Gasteiger partial charge in [-0.3, -0.25) is 9.78 Å². The summed E-state index contributed by atoms with van der Waals surface area (Å²) in [5.74, 6) is -0.00620. The van der Waals surface area contributed by atoms with E-state index in [1.54, 1.807) is 30.1 Å². The number of pyridine rings is 1. The Bertz CT molecular complexity index is 546. The van der Waals surface area contributed by atoms with Crippen LogP contribution >= 0.6 is 11.8 Å². The van der Waals surface area contributed by atoms with Crippen LogP contribution in [-0.4, -0.2) is 17.0 Å². The summed E-state index contributed by atoms with van der Waals surface area (Å²) in [6.07, 6.45) is 7.00. The number of allylic oxidation sites excluding steroid dienone is 1. The fourth-order valence-electron chi connectivity index (χ4n) is 1.49. The molecule has 18 heavy (non-hydrogen) atoms. The van der Waals surface area contributed by atoms with Crippen LogP contribution in [0.1, 0.15) is 16.1 Å². The Morgan fingerprint density at radius 3 is 2.56 bits per heavy atom. The maximum Gasteiger partial charge on any atom is 0.185 e. The second kappa shape index (κ2) is 6.17. The number of nitrogens with zero attached hydrogens (tertiary/aromatic N) is 1. The SMILES string of the molecule is CSc1ccc(C(=O)/C=C/c2ccccn2)cc1. The zero-order valence-corrected chi connectivity index (χ0v) is 10.9. The Balaban J connectivity index is 2.09. The number of carbonyl (C=O) groups excluding carboxylic acids is 1. The number of benzene rings is 1. The number of aromatic nitrogens is 1. The number of carbonyl (C=O) groups is 1. The zero-order chi connectivity index (χ0) is 12.8. The van der Waals surface area contributed by atoms with E-state index >= 15 is 0 Å². The van der Waals surface area contributed by atoms with Gasteiger partial charge in [0.1, 0.15) is 0 Å². The normalized spacial score (nSPS) is 10.7. The first-order valence-corrected chi connectivity index (χ1v) is 6.79. The minimum Gasteiger partial charge on any atom is -0.289 e. The van der Waals surface area contributed by atoms with E-state index in [1.807, 2.05) is 48.7 Å². The predicted molar refractivity (Wildman–Crippen MR) is 75.8 cm³/mol. The van der Waals surface area contributed by atoms with Gasteiger partial charge in [0.2, 0.25) is 0 Å². The topological polar surface area (TPSA) is 30.0 Å². The largest absolute Gasteiger partial charge is 0.289 e. The lowest BCUT2D eigenvalue weighted by molar-refractivity contribution is 0.104. The van der Waals surface area contributed by atoms with Gasteiger partial charge in [-0.25, -0.2) is 0 Å². The van der Waals surface area contributed by atoms with Crippen molar-refractivity contribution in [2.45, 2.75) is 4.90 Å². The molecule has 2 nitrogen and oxygen atoms in total. The van der Waals surface area contributed by atoms with Gasteiger partial charge in [-0.2, -0.15) is 0 Å². The van der Waals surface area contributed by atoms with Gasteiger partial charge in [0.15, 0.2) is 5.78 Å². The molecule has 1 heterocycles. The van der Waals surface area contributed by atoms with Crippen LogP contribution in [-0.2, 0) is 0 Å². The third kappa shape index (κ3) is 3.31. The molecule has 0 spiro atoms. The second-order valence-electron chi connectivity index (χ2n) is 3.68. The van der Waals surface area contributed by atoms with E-state index in [1.165, 1.54) is 0 Å². The molecule has 0 aliphatic rings. The van der Waals surface area contributed by atoms with Gasteiger partial charge in [0, 0.05) is 16.7 Å². The van der Waals surface area contributed by atoms with E-state index in [2.05, 4.69) is 4.98 Å². The van der Waals surface area contributed by atoms with Crippen molar-refractivity contribution in [2.75, 3.05) is 6.26 Å². The Morgan fingerprint density at radius 1 is 1.17 bits per heavy atom. The van der Waals surface area contributed by atoms with Crippen LogP contribution in [0.5, 0.6) is 0 Å². The Labute approximate surface area is 111 Å². The molecule has 1 aromatic heterocycles. The average Bonchev–Trinajstić information content (AvgIpc) is 2.46. The molecule has 0 aliphatic heterocycles. The van der Waals surface area contributed by atoms with Crippen molar-refractivity contribution >= 4 is 23.6 Å². The summed E-state index contributed by atoms with van der Waals surface area (Å²) in [5, 5.41) is 0. The van der Waals surface area contributed by atoms with Crippen molar-refractivity contribution in [1.82, 2.24) is 4.98 Å². The van der Waals surface area contributed by atoms with Gasteiger partial charge in [-0.1, -0.05) is 6.07 Å². The first-order valence-electron chi connectivity index (χ1n) is 5.57. The van der Waals surface area contributed by atoms with Crippen molar-refractivity contribution in [3.05, 3.63) is 66.0 Å². The number of rotatable bonds is 4. The third-order valence-electron chi connectivity index (χ3n) is 2.47. The summed E-state index contributed by atoms with van der Waals surface area (Å²) < 4.78 is 0. The molecule has 0 N–H and O–H groups in total. The Hall–Kier alpha value is -1.87. The second-order valence-corrected chi connectivity index (χ2v) is 4.56. The molecule has 90 valence electrons. The number of ketones is 1. The van der Waals surface area contributed by atoms with Crippen LogP contribution in [0, 0.1) is 0 Å². The number of thioether (sulfide) groups is 1. The predicted octanol–water partition coefficient (Wildman–Crippen LogP) is 3.70. The minimum atomic E-state index is -0.00620.